The summed E-state index contributed by atoms with van der Waals surface area (Å²) < 4.78 is 60.5. The molecule has 3 rings (SSSR count). The van der Waals surface area contributed by atoms with E-state index in [1.807, 2.05) is 0 Å². The molecule has 0 saturated carbocycles. The Kier molecular flexibility index (Phi) is 6.46. The predicted octanol–water partition coefficient (Wildman–Crippen LogP) is 3.99. The minimum absolute atomic E-state index is 0.0410. The van der Waals surface area contributed by atoms with Gasteiger partial charge < -0.3 is 15.2 Å². The average Bonchev–Trinajstić information content (AvgIpc) is 3.24. The number of aromatic amines is 1. The molecule has 0 aliphatic rings. The van der Waals surface area contributed by atoms with Gasteiger partial charge in [0.15, 0.2) is 11.3 Å². The Balaban J connectivity index is 2.08. The lowest BCUT2D eigenvalue weighted by molar-refractivity contribution is -0.189. The summed E-state index contributed by atoms with van der Waals surface area (Å²) in [7, 11) is 1.51. The van der Waals surface area contributed by atoms with Gasteiger partial charge >= 0.3 is 6.18 Å². The number of hydrogen-bond acceptors (Lipinski definition) is 5. The van der Waals surface area contributed by atoms with E-state index in [-0.39, 0.29) is 28.7 Å². The molecule has 0 bridgehead atoms. The third-order valence-corrected chi connectivity index (χ3v) is 4.91. The molecule has 2 heterocycles. The maximum atomic E-state index is 14.9. The molecule has 172 valence electrons. The van der Waals surface area contributed by atoms with E-state index in [0.29, 0.717) is 11.4 Å². The van der Waals surface area contributed by atoms with Gasteiger partial charge in [-0.15, -0.1) is 0 Å². The zero-order chi connectivity index (χ0) is 23.8. The fraction of sp³-hybridized carbons (Fsp3) is 0.316. The number of alkyl halides is 3. The molecule has 0 spiro atoms. The molecule has 0 saturated heterocycles. The molecule has 8 nitrogen and oxygen atoms in total. The number of hydrogen-bond donors (Lipinski definition) is 3. The first kappa shape index (κ1) is 23.5. The van der Waals surface area contributed by atoms with Crippen molar-refractivity contribution in [3.05, 3.63) is 46.1 Å². The number of aliphatic hydroxyl groups excluding tert-OH is 1. The Labute approximate surface area is 184 Å². The number of halogens is 5. The third kappa shape index (κ3) is 4.70. The Morgan fingerprint density at radius 3 is 2.59 bits per heavy atom. The van der Waals surface area contributed by atoms with Crippen molar-refractivity contribution in [3.8, 4) is 17.0 Å². The van der Waals surface area contributed by atoms with Crippen LogP contribution in [0, 0.1) is 12.7 Å². The molecule has 0 aliphatic heterocycles. The molecule has 3 N–H and O–H groups in total. The van der Waals surface area contributed by atoms with Crippen LogP contribution < -0.4 is 10.1 Å². The summed E-state index contributed by atoms with van der Waals surface area (Å²) in [4.78, 5) is 12.8. The van der Waals surface area contributed by atoms with Crippen molar-refractivity contribution in [2.24, 2.45) is 7.05 Å². The summed E-state index contributed by atoms with van der Waals surface area (Å²) in [6.45, 7) is 1.93. The van der Waals surface area contributed by atoms with E-state index in [0.717, 1.165) is 19.1 Å². The lowest BCUT2D eigenvalue weighted by Crippen LogP contribution is -2.32. The van der Waals surface area contributed by atoms with Crippen molar-refractivity contribution in [1.82, 2.24) is 20.0 Å². The molecule has 1 aromatic carbocycles. The normalized spacial score (nSPS) is 12.7. The molecule has 1 amide bonds. The number of ether oxygens (including phenoxy) is 1. The number of nitrogens with zero attached hydrogens (tertiary/aromatic N) is 3. The highest BCUT2D eigenvalue weighted by Gasteiger charge is 2.39. The topological polar surface area (TPSA) is 105 Å². The smallest absolute Gasteiger partial charge is 0.425 e. The van der Waals surface area contributed by atoms with Gasteiger partial charge in [0.05, 0.1) is 29.3 Å². The van der Waals surface area contributed by atoms with Crippen LogP contribution in [0.2, 0.25) is 5.15 Å². The standard InChI is InChI=1S/C19H18ClF4N5O3/c1-8-16(17(20)27-26-8)25-18(31)12-5-13(21)11(14-4-10(7-30)29(3)28-14)6-15(12)32-9(2)19(22,23)24/h4-6,9,30H,7H2,1-3H3,(H,25,31)(H,26,27). The van der Waals surface area contributed by atoms with Crippen LogP contribution in [-0.2, 0) is 13.7 Å². The molecule has 3 aromatic rings. The number of aliphatic hydroxyl groups is 1. The van der Waals surface area contributed by atoms with Crippen molar-refractivity contribution in [1.29, 1.82) is 0 Å². The van der Waals surface area contributed by atoms with Crippen molar-refractivity contribution < 1.29 is 32.2 Å². The first-order valence-corrected chi connectivity index (χ1v) is 9.53. The van der Waals surface area contributed by atoms with Crippen LogP contribution in [0.5, 0.6) is 5.75 Å². The molecular weight excluding hydrogens is 458 g/mol. The Morgan fingerprint density at radius 1 is 1.38 bits per heavy atom. The zero-order valence-corrected chi connectivity index (χ0v) is 17.8. The van der Waals surface area contributed by atoms with Gasteiger partial charge in [-0.25, -0.2) is 4.39 Å². The minimum atomic E-state index is -4.73. The second kappa shape index (κ2) is 8.79. The second-order valence-electron chi connectivity index (χ2n) is 6.90. The van der Waals surface area contributed by atoms with E-state index >= 15 is 0 Å². The molecule has 32 heavy (non-hydrogen) atoms. The number of carbonyl (C=O) groups excluding carboxylic acids is 1. The van der Waals surface area contributed by atoms with Crippen molar-refractivity contribution in [3.63, 3.8) is 0 Å². The third-order valence-electron chi connectivity index (χ3n) is 4.63. The number of benzene rings is 1. The van der Waals surface area contributed by atoms with Crippen LogP contribution in [0.4, 0.5) is 23.2 Å². The quantitative estimate of drug-likeness (QED) is 0.468. The number of aryl methyl sites for hydroxylation is 2. The number of carbonyl (C=O) groups is 1. The van der Waals surface area contributed by atoms with Crippen molar-refractivity contribution in [2.45, 2.75) is 32.7 Å². The van der Waals surface area contributed by atoms with E-state index in [4.69, 9.17) is 16.3 Å². The summed E-state index contributed by atoms with van der Waals surface area (Å²) in [5, 5.41) is 21.9. The number of nitrogens with one attached hydrogen (secondary N) is 2. The average molecular weight is 476 g/mol. The zero-order valence-electron chi connectivity index (χ0n) is 17.0. The highest BCUT2D eigenvalue weighted by Crippen LogP contribution is 2.34. The SMILES string of the molecule is Cc1[nH]nc(Cl)c1NC(=O)c1cc(F)c(-c2cc(CO)n(C)n2)cc1OC(C)C(F)(F)F. The van der Waals surface area contributed by atoms with Crippen LogP contribution >= 0.6 is 11.6 Å². The van der Waals surface area contributed by atoms with Crippen LogP contribution in [0.1, 0.15) is 28.7 Å². The van der Waals surface area contributed by atoms with Gasteiger partial charge in [-0.2, -0.15) is 23.4 Å². The maximum Gasteiger partial charge on any atom is 0.425 e. The van der Waals surface area contributed by atoms with Crippen LogP contribution in [0.3, 0.4) is 0 Å². The lowest BCUT2D eigenvalue weighted by Gasteiger charge is -2.20. The van der Waals surface area contributed by atoms with Crippen molar-refractivity contribution >= 4 is 23.2 Å². The largest absolute Gasteiger partial charge is 0.480 e. The number of aromatic nitrogens is 4. The van der Waals surface area contributed by atoms with E-state index in [2.05, 4.69) is 20.6 Å². The van der Waals surface area contributed by atoms with Crippen LogP contribution in [0.15, 0.2) is 18.2 Å². The highest BCUT2D eigenvalue weighted by molar-refractivity contribution is 6.33. The van der Waals surface area contributed by atoms with Crippen LogP contribution in [-0.4, -0.2) is 43.3 Å². The number of H-pyrrole nitrogens is 1. The molecule has 1 atom stereocenters. The molecular formula is C19H18ClF4N5O3. The summed E-state index contributed by atoms with van der Waals surface area (Å²) in [5.41, 5.74) is 0.164. The number of amides is 1. The molecule has 1 unspecified atom stereocenters. The number of anilines is 1. The fourth-order valence-corrected chi connectivity index (χ4v) is 3.02. The van der Waals surface area contributed by atoms with E-state index in [9.17, 15) is 27.5 Å². The lowest BCUT2D eigenvalue weighted by atomic mass is 10.1. The summed E-state index contributed by atoms with van der Waals surface area (Å²) in [6.07, 6.45) is -7.02. The van der Waals surface area contributed by atoms with Gasteiger partial charge in [-0.1, -0.05) is 11.6 Å². The second-order valence-corrected chi connectivity index (χ2v) is 7.26. The first-order valence-electron chi connectivity index (χ1n) is 9.15. The van der Waals surface area contributed by atoms with E-state index in [1.54, 1.807) is 6.92 Å². The molecule has 13 heteroatoms. The summed E-state index contributed by atoms with van der Waals surface area (Å²) in [6, 6.07) is 3.07. The van der Waals surface area contributed by atoms with E-state index in [1.165, 1.54) is 17.8 Å². The molecule has 2 aromatic heterocycles. The monoisotopic (exact) mass is 475 g/mol. The predicted molar refractivity (Wildman–Crippen MR) is 107 cm³/mol. The Bertz CT molecular complexity index is 1140. The van der Waals surface area contributed by atoms with Gasteiger partial charge in [0.2, 0.25) is 0 Å². The van der Waals surface area contributed by atoms with Gasteiger partial charge in [-0.05, 0) is 32.0 Å². The molecule has 0 fully saturated rings. The van der Waals surface area contributed by atoms with Crippen LogP contribution in [0.25, 0.3) is 11.3 Å². The van der Waals surface area contributed by atoms with Gasteiger partial charge in [0.1, 0.15) is 17.3 Å². The summed E-state index contributed by atoms with van der Waals surface area (Å²) >= 11 is 5.89. The maximum absolute atomic E-state index is 14.9. The van der Waals surface area contributed by atoms with Gasteiger partial charge in [0.25, 0.3) is 5.91 Å². The minimum Gasteiger partial charge on any atom is -0.480 e. The summed E-state index contributed by atoms with van der Waals surface area (Å²) in [5.74, 6) is -2.40. The fourth-order valence-electron chi connectivity index (χ4n) is 2.79. The number of rotatable bonds is 6. The van der Waals surface area contributed by atoms with Gasteiger partial charge in [-0.3, -0.25) is 14.6 Å². The molecule has 0 radical (unpaired) electrons. The van der Waals surface area contributed by atoms with Gasteiger partial charge in [0, 0.05) is 12.6 Å². The van der Waals surface area contributed by atoms with Crippen molar-refractivity contribution in [2.75, 3.05) is 5.32 Å². The first-order chi connectivity index (χ1) is 14.9. The van der Waals surface area contributed by atoms with E-state index < -0.39 is 35.3 Å². The Morgan fingerprint density at radius 2 is 2.06 bits per heavy atom. The molecule has 0 aliphatic carbocycles. The Hall–Kier alpha value is -3.12. The highest BCUT2D eigenvalue weighted by atomic mass is 35.5.